The molecule has 1 N–H and O–H groups in total. The van der Waals surface area contributed by atoms with E-state index in [0.29, 0.717) is 5.82 Å². The molecule has 8 heteroatoms. The molecular weight excluding hydrogens is 294 g/mol. The highest BCUT2D eigenvalue weighted by Gasteiger charge is 2.32. The van der Waals surface area contributed by atoms with Crippen molar-refractivity contribution in [3.05, 3.63) is 24.2 Å². The quantitative estimate of drug-likeness (QED) is 0.830. The summed E-state index contributed by atoms with van der Waals surface area (Å²) in [4.78, 5) is 15.2. The molecule has 7 nitrogen and oxygen atoms in total. The minimum Gasteiger partial charge on any atom is -0.481 e. The van der Waals surface area contributed by atoms with Gasteiger partial charge in [0.2, 0.25) is 0 Å². The number of sulfonamides is 1. The van der Waals surface area contributed by atoms with Crippen LogP contribution in [0.5, 0.6) is 0 Å². The average Bonchev–Trinajstić information content (AvgIpc) is 2.82. The molecule has 0 fully saturated rings. The lowest BCUT2D eigenvalue weighted by atomic mass is 10.1. The van der Waals surface area contributed by atoms with Crippen LogP contribution < -0.4 is 0 Å². The molecule has 0 spiro atoms. The number of carboxylic acid groups (broad SMARTS) is 1. The highest BCUT2D eigenvalue weighted by molar-refractivity contribution is 7.89. The number of rotatable bonds is 4. The van der Waals surface area contributed by atoms with Gasteiger partial charge in [-0.25, -0.2) is 13.4 Å². The van der Waals surface area contributed by atoms with Crippen LogP contribution in [0.4, 0.5) is 0 Å². The van der Waals surface area contributed by atoms with Gasteiger partial charge in [0.1, 0.15) is 5.82 Å². The fourth-order valence-corrected chi connectivity index (χ4v) is 3.70. The number of carbonyl (C=O) groups is 1. The monoisotopic (exact) mass is 313 g/mol. The lowest BCUT2D eigenvalue weighted by Crippen LogP contribution is -2.40. The molecule has 0 bridgehead atoms. The smallest absolute Gasteiger partial charge is 0.311 e. The summed E-state index contributed by atoms with van der Waals surface area (Å²) in [7, 11) is -2.03. The summed E-state index contributed by atoms with van der Waals surface area (Å²) in [5.74, 6) is -1.07. The van der Waals surface area contributed by atoms with Crippen LogP contribution in [0, 0.1) is 5.92 Å². The van der Waals surface area contributed by atoms with Crippen molar-refractivity contribution in [1.82, 2.24) is 13.9 Å². The molecule has 0 saturated carbocycles. The average molecular weight is 313 g/mol. The molecule has 0 amide bonds. The van der Waals surface area contributed by atoms with Crippen molar-refractivity contribution in [3.8, 4) is 0 Å². The molecule has 0 saturated heterocycles. The number of hydrogen-bond donors (Lipinski definition) is 1. The Morgan fingerprint density at radius 1 is 1.48 bits per heavy atom. The molecule has 116 valence electrons. The molecule has 1 aromatic heterocycles. The van der Waals surface area contributed by atoms with Crippen LogP contribution in [0.25, 0.3) is 0 Å². The zero-order chi connectivity index (χ0) is 15.8. The predicted octanol–water partition coefficient (Wildman–Crippen LogP) is 0.805. The van der Waals surface area contributed by atoms with E-state index in [4.69, 9.17) is 5.11 Å². The molecule has 0 aliphatic carbocycles. The van der Waals surface area contributed by atoms with Gasteiger partial charge >= 0.3 is 5.97 Å². The van der Waals surface area contributed by atoms with Crippen molar-refractivity contribution in [2.45, 2.75) is 24.8 Å². The van der Waals surface area contributed by atoms with Crippen LogP contribution in [-0.4, -0.2) is 46.4 Å². The van der Waals surface area contributed by atoms with Crippen LogP contribution in [0.15, 0.2) is 23.4 Å². The van der Waals surface area contributed by atoms with Gasteiger partial charge in [-0.05, 0) is 0 Å². The maximum absolute atomic E-state index is 12.6. The SMILES string of the molecule is CC(C)c1nc(S(=O)(=O)N2CC=CC(C(=O)O)C2)cn1C. The van der Waals surface area contributed by atoms with E-state index in [-0.39, 0.29) is 24.0 Å². The lowest BCUT2D eigenvalue weighted by Gasteiger charge is -2.25. The molecule has 2 rings (SSSR count). The van der Waals surface area contributed by atoms with Crippen molar-refractivity contribution >= 4 is 16.0 Å². The van der Waals surface area contributed by atoms with Gasteiger partial charge in [0.05, 0.1) is 5.92 Å². The summed E-state index contributed by atoms with van der Waals surface area (Å²) in [5.41, 5.74) is 0. The highest BCUT2D eigenvalue weighted by Crippen LogP contribution is 2.22. The minimum absolute atomic E-state index is 0.0341. The largest absolute Gasteiger partial charge is 0.481 e. The molecule has 2 heterocycles. The molecule has 1 unspecified atom stereocenters. The van der Waals surface area contributed by atoms with E-state index in [9.17, 15) is 13.2 Å². The van der Waals surface area contributed by atoms with Crippen LogP contribution in [-0.2, 0) is 21.9 Å². The maximum atomic E-state index is 12.6. The van der Waals surface area contributed by atoms with Crippen LogP contribution in [0.3, 0.4) is 0 Å². The van der Waals surface area contributed by atoms with Gasteiger partial charge in [0.25, 0.3) is 10.0 Å². The third-order valence-corrected chi connectivity index (χ3v) is 5.11. The van der Waals surface area contributed by atoms with Gasteiger partial charge in [0, 0.05) is 32.3 Å². The Bertz CT molecular complexity index is 676. The van der Waals surface area contributed by atoms with Crippen molar-refractivity contribution in [1.29, 1.82) is 0 Å². The van der Waals surface area contributed by atoms with Crippen molar-refractivity contribution in [2.75, 3.05) is 13.1 Å². The second kappa shape index (κ2) is 5.61. The summed E-state index contributed by atoms with van der Waals surface area (Å²) in [6.45, 7) is 3.97. The number of aliphatic carboxylic acids is 1. The first-order valence-electron chi connectivity index (χ1n) is 6.66. The minimum atomic E-state index is -3.78. The van der Waals surface area contributed by atoms with E-state index >= 15 is 0 Å². The molecular formula is C13H19N3O4S. The topological polar surface area (TPSA) is 92.5 Å². The molecule has 1 atom stereocenters. The third-order valence-electron chi connectivity index (χ3n) is 3.41. The lowest BCUT2D eigenvalue weighted by molar-refractivity contribution is -0.140. The van der Waals surface area contributed by atoms with Crippen LogP contribution in [0.2, 0.25) is 0 Å². The molecule has 1 aliphatic rings. The zero-order valence-corrected chi connectivity index (χ0v) is 13.0. The Labute approximate surface area is 124 Å². The van der Waals surface area contributed by atoms with Crippen LogP contribution in [0.1, 0.15) is 25.6 Å². The first kappa shape index (κ1) is 15.7. The highest BCUT2D eigenvalue weighted by atomic mass is 32.2. The summed E-state index contributed by atoms with van der Waals surface area (Å²) in [6.07, 6.45) is 4.55. The molecule has 1 aliphatic heterocycles. The number of aryl methyl sites for hydroxylation is 1. The second-order valence-corrected chi connectivity index (χ2v) is 7.28. The third kappa shape index (κ3) is 3.01. The van der Waals surface area contributed by atoms with Crippen molar-refractivity contribution in [3.63, 3.8) is 0 Å². The molecule has 1 aromatic rings. The number of aromatic nitrogens is 2. The van der Waals surface area contributed by atoms with E-state index in [0.717, 1.165) is 4.31 Å². The first-order chi connectivity index (χ1) is 9.73. The normalized spacial score (nSPS) is 20.1. The molecule has 0 radical (unpaired) electrons. The Morgan fingerprint density at radius 2 is 2.14 bits per heavy atom. The van der Waals surface area contributed by atoms with Gasteiger partial charge in [-0.1, -0.05) is 26.0 Å². The summed E-state index contributed by atoms with van der Waals surface area (Å²) < 4.78 is 28.0. The van der Waals surface area contributed by atoms with Gasteiger partial charge < -0.3 is 9.67 Å². The summed E-state index contributed by atoms with van der Waals surface area (Å²) in [5, 5.41) is 8.99. The van der Waals surface area contributed by atoms with E-state index < -0.39 is 21.9 Å². The Morgan fingerprint density at radius 3 is 2.67 bits per heavy atom. The van der Waals surface area contributed by atoms with Gasteiger partial charge in [-0.15, -0.1) is 0 Å². The Kier molecular flexibility index (Phi) is 4.20. The fourth-order valence-electron chi connectivity index (χ4n) is 2.30. The summed E-state index contributed by atoms with van der Waals surface area (Å²) >= 11 is 0. The van der Waals surface area contributed by atoms with Gasteiger partial charge in [-0.3, -0.25) is 4.79 Å². The molecule has 0 aromatic carbocycles. The zero-order valence-electron chi connectivity index (χ0n) is 12.2. The Balaban J connectivity index is 2.32. The van der Waals surface area contributed by atoms with E-state index in [2.05, 4.69) is 4.98 Å². The van der Waals surface area contributed by atoms with E-state index in [1.54, 1.807) is 17.7 Å². The standard InChI is InChI=1S/C13H19N3O4S/c1-9(2)12-14-11(8-15(12)3)21(19,20)16-6-4-5-10(7-16)13(17)18/h4-5,8-10H,6-7H2,1-3H3,(H,17,18). The predicted molar refractivity (Wildman–Crippen MR) is 76.3 cm³/mol. The van der Waals surface area contributed by atoms with Gasteiger partial charge in [-0.2, -0.15) is 4.31 Å². The number of nitrogens with zero attached hydrogens (tertiary/aromatic N) is 3. The number of hydrogen-bond acceptors (Lipinski definition) is 4. The van der Waals surface area contributed by atoms with Crippen LogP contribution >= 0.6 is 0 Å². The first-order valence-corrected chi connectivity index (χ1v) is 8.10. The molecule has 21 heavy (non-hydrogen) atoms. The number of carboxylic acids is 1. The van der Waals surface area contributed by atoms with Gasteiger partial charge in [0.15, 0.2) is 5.03 Å². The Hall–Kier alpha value is -1.67. The number of imidazole rings is 1. The van der Waals surface area contributed by atoms with E-state index in [1.165, 1.54) is 12.3 Å². The second-order valence-electron chi connectivity index (χ2n) is 5.40. The fraction of sp³-hybridized carbons (Fsp3) is 0.538. The van der Waals surface area contributed by atoms with E-state index in [1.807, 2.05) is 13.8 Å². The van der Waals surface area contributed by atoms with Crippen molar-refractivity contribution in [2.24, 2.45) is 13.0 Å². The maximum Gasteiger partial charge on any atom is 0.311 e. The van der Waals surface area contributed by atoms with Crippen molar-refractivity contribution < 1.29 is 18.3 Å². The summed E-state index contributed by atoms with van der Waals surface area (Å²) in [6, 6.07) is 0.